The van der Waals surface area contributed by atoms with Crippen molar-refractivity contribution < 1.29 is 14.4 Å². The lowest BCUT2D eigenvalue weighted by Gasteiger charge is -2.17. The van der Waals surface area contributed by atoms with Crippen LogP contribution >= 0.6 is 11.6 Å². The molecule has 0 unspecified atom stereocenters. The summed E-state index contributed by atoms with van der Waals surface area (Å²) in [4.78, 5) is 42.4. The number of hydrogen-bond donors (Lipinski definition) is 2. The van der Waals surface area contributed by atoms with Gasteiger partial charge in [-0.2, -0.15) is 0 Å². The predicted molar refractivity (Wildman–Crippen MR) is 108 cm³/mol. The molecule has 1 fully saturated rings. The number of Topliss-reactive ketones (excluding diaryl/α,β-unsaturated/α-hetero) is 1. The number of hydrogen-bond acceptors (Lipinski definition) is 3. The van der Waals surface area contributed by atoms with Gasteiger partial charge in [-0.3, -0.25) is 14.4 Å². The second-order valence-corrected chi connectivity index (χ2v) is 7.29. The Balaban J connectivity index is 1.49. The Kier molecular flexibility index (Phi) is 4.65. The molecule has 2 amide bonds. The van der Waals surface area contributed by atoms with Crippen LogP contribution in [0.5, 0.6) is 0 Å². The molecule has 28 heavy (non-hydrogen) atoms. The fourth-order valence-electron chi connectivity index (χ4n) is 3.61. The molecule has 142 valence electrons. The first-order valence-electron chi connectivity index (χ1n) is 8.92. The van der Waals surface area contributed by atoms with Gasteiger partial charge in [0.25, 0.3) is 11.7 Å². The normalized spacial score (nSPS) is 16.6. The first-order chi connectivity index (χ1) is 13.4. The molecule has 2 N–H and O–H groups in total. The number of aryl methyl sites for hydroxylation is 1. The number of fused-ring (bicyclic) bond motifs is 1. The van der Waals surface area contributed by atoms with Crippen molar-refractivity contribution in [2.75, 3.05) is 11.4 Å². The summed E-state index contributed by atoms with van der Waals surface area (Å²) < 4.78 is 0. The molecule has 6 nitrogen and oxygen atoms in total. The lowest BCUT2D eigenvalue weighted by molar-refractivity contribution is -0.118. The number of amides is 2. The minimum Gasteiger partial charge on any atom is -0.358 e. The van der Waals surface area contributed by atoms with Crippen LogP contribution in [0.1, 0.15) is 22.5 Å². The van der Waals surface area contributed by atoms with Gasteiger partial charge in [0.15, 0.2) is 0 Å². The zero-order valence-corrected chi connectivity index (χ0v) is 15.9. The molecule has 1 atom stereocenters. The second kappa shape index (κ2) is 7.13. The Morgan fingerprint density at radius 1 is 1.14 bits per heavy atom. The number of rotatable bonds is 4. The molecule has 1 aliphatic heterocycles. The second-order valence-electron chi connectivity index (χ2n) is 6.85. The number of halogens is 1. The van der Waals surface area contributed by atoms with Gasteiger partial charge in [-0.25, -0.2) is 0 Å². The Morgan fingerprint density at radius 3 is 2.61 bits per heavy atom. The molecule has 2 aromatic carbocycles. The molecule has 1 saturated heterocycles. The summed E-state index contributed by atoms with van der Waals surface area (Å²) in [5.41, 5.74) is 2.53. The minimum absolute atomic E-state index is 0.108. The highest BCUT2D eigenvalue weighted by Crippen LogP contribution is 2.25. The topological polar surface area (TPSA) is 82.3 Å². The van der Waals surface area contributed by atoms with E-state index in [2.05, 4.69) is 10.3 Å². The number of carbonyl (C=O) groups excluding carboxylic acids is 3. The van der Waals surface area contributed by atoms with E-state index in [-0.39, 0.29) is 12.3 Å². The average Bonchev–Trinajstić information content (AvgIpc) is 3.20. The molecule has 4 rings (SSSR count). The van der Waals surface area contributed by atoms with Crippen LogP contribution in [0.3, 0.4) is 0 Å². The van der Waals surface area contributed by atoms with Crippen LogP contribution < -0.4 is 10.2 Å². The zero-order valence-electron chi connectivity index (χ0n) is 15.2. The van der Waals surface area contributed by atoms with Gasteiger partial charge >= 0.3 is 0 Å². The van der Waals surface area contributed by atoms with Gasteiger partial charge in [-0.15, -0.1) is 0 Å². The van der Waals surface area contributed by atoms with Crippen LogP contribution in [0.2, 0.25) is 5.02 Å². The van der Waals surface area contributed by atoms with Crippen LogP contribution in [-0.4, -0.2) is 35.2 Å². The van der Waals surface area contributed by atoms with Gasteiger partial charge in [0.05, 0.1) is 11.6 Å². The van der Waals surface area contributed by atoms with Crippen molar-refractivity contribution in [1.82, 2.24) is 10.3 Å². The zero-order chi connectivity index (χ0) is 19.8. The van der Waals surface area contributed by atoms with Crippen LogP contribution in [0.25, 0.3) is 10.9 Å². The molecule has 7 heteroatoms. The summed E-state index contributed by atoms with van der Waals surface area (Å²) in [6, 6.07) is 13.8. The number of H-pyrrole nitrogens is 1. The molecule has 0 spiro atoms. The molecule has 1 aliphatic rings. The van der Waals surface area contributed by atoms with Gasteiger partial charge in [0.1, 0.15) is 0 Å². The summed E-state index contributed by atoms with van der Waals surface area (Å²) in [5.74, 6) is -1.42. The molecular weight excluding hydrogens is 378 g/mol. The van der Waals surface area contributed by atoms with Gasteiger partial charge in [0.2, 0.25) is 5.91 Å². The summed E-state index contributed by atoms with van der Waals surface area (Å²) in [7, 11) is 0. The third kappa shape index (κ3) is 3.27. The van der Waals surface area contributed by atoms with Crippen molar-refractivity contribution >= 4 is 45.8 Å². The Bertz CT molecular complexity index is 1090. The summed E-state index contributed by atoms with van der Waals surface area (Å²) in [6.07, 6.45) is 0.147. The number of para-hydroxylation sites is 1. The molecule has 0 saturated carbocycles. The van der Waals surface area contributed by atoms with Gasteiger partial charge in [0, 0.05) is 40.3 Å². The maximum Gasteiger partial charge on any atom is 0.292 e. The van der Waals surface area contributed by atoms with E-state index in [9.17, 15) is 14.4 Å². The molecule has 3 aromatic rings. The first-order valence-corrected chi connectivity index (χ1v) is 9.30. The lowest BCUT2D eigenvalue weighted by atomic mass is 10.1. The number of aromatic amines is 1. The quantitative estimate of drug-likeness (QED) is 0.525. The van der Waals surface area contributed by atoms with Crippen molar-refractivity contribution in [3.05, 3.63) is 64.8 Å². The number of aromatic nitrogens is 1. The van der Waals surface area contributed by atoms with Gasteiger partial charge in [-0.1, -0.05) is 29.8 Å². The molecule has 0 bridgehead atoms. The molecule has 0 aliphatic carbocycles. The number of nitrogens with one attached hydrogen (secondary N) is 2. The van der Waals surface area contributed by atoms with Crippen LogP contribution in [-0.2, 0) is 9.59 Å². The van der Waals surface area contributed by atoms with E-state index in [1.807, 2.05) is 18.2 Å². The van der Waals surface area contributed by atoms with E-state index >= 15 is 0 Å². The molecule has 0 radical (unpaired) electrons. The maximum atomic E-state index is 12.8. The van der Waals surface area contributed by atoms with Crippen LogP contribution in [0.4, 0.5) is 5.69 Å². The fourth-order valence-corrected chi connectivity index (χ4v) is 3.73. The first kappa shape index (κ1) is 18.3. The van der Waals surface area contributed by atoms with Crippen molar-refractivity contribution in [2.45, 2.75) is 19.4 Å². The monoisotopic (exact) mass is 395 g/mol. The average molecular weight is 396 g/mol. The van der Waals surface area contributed by atoms with E-state index < -0.39 is 17.7 Å². The standard InChI is InChI=1S/C21H18ClN3O3/c1-12-19(16-4-2-3-5-17(16)23-12)20(27)21(28)24-14-10-18(26)25(11-14)15-8-6-13(22)7-9-15/h2-9,14,23H,10-11H2,1H3,(H,24,28)/t14-/m0/s1. The predicted octanol–water partition coefficient (Wildman–Crippen LogP) is 3.23. The SMILES string of the molecule is Cc1[nH]c2ccccc2c1C(=O)C(=O)N[C@H]1CC(=O)N(c2ccc(Cl)cc2)C1. The van der Waals surface area contributed by atoms with Crippen molar-refractivity contribution in [1.29, 1.82) is 0 Å². The number of benzene rings is 2. The van der Waals surface area contributed by atoms with Gasteiger partial charge in [-0.05, 0) is 37.3 Å². The largest absolute Gasteiger partial charge is 0.358 e. The molecular formula is C21H18ClN3O3. The Labute approximate surface area is 166 Å². The fraction of sp³-hybridized carbons (Fsp3) is 0.190. The van der Waals surface area contributed by atoms with Crippen molar-refractivity contribution in [3.8, 4) is 0 Å². The van der Waals surface area contributed by atoms with Crippen molar-refractivity contribution in [2.24, 2.45) is 0 Å². The Morgan fingerprint density at radius 2 is 1.86 bits per heavy atom. The van der Waals surface area contributed by atoms with Crippen LogP contribution in [0.15, 0.2) is 48.5 Å². The number of nitrogens with zero attached hydrogens (tertiary/aromatic N) is 1. The number of anilines is 1. The van der Waals surface area contributed by atoms with Crippen LogP contribution in [0, 0.1) is 6.92 Å². The lowest BCUT2D eigenvalue weighted by Crippen LogP contribution is -2.41. The minimum atomic E-state index is -0.705. The molecule has 2 heterocycles. The Hall–Kier alpha value is -3.12. The maximum absolute atomic E-state index is 12.8. The highest BCUT2D eigenvalue weighted by atomic mass is 35.5. The third-order valence-corrected chi connectivity index (χ3v) is 5.18. The van der Waals surface area contributed by atoms with E-state index in [0.29, 0.717) is 33.9 Å². The summed E-state index contributed by atoms with van der Waals surface area (Å²) in [5, 5.41) is 4.01. The van der Waals surface area contributed by atoms with Crippen molar-refractivity contribution in [3.63, 3.8) is 0 Å². The van der Waals surface area contributed by atoms with E-state index in [1.54, 1.807) is 42.2 Å². The smallest absolute Gasteiger partial charge is 0.292 e. The highest BCUT2D eigenvalue weighted by Gasteiger charge is 2.33. The summed E-state index contributed by atoms with van der Waals surface area (Å²) in [6.45, 7) is 2.08. The molecule has 1 aromatic heterocycles. The number of carbonyl (C=O) groups is 3. The van der Waals surface area contributed by atoms with E-state index in [1.165, 1.54) is 0 Å². The van der Waals surface area contributed by atoms with E-state index in [0.717, 1.165) is 5.52 Å². The third-order valence-electron chi connectivity index (χ3n) is 4.93. The number of ketones is 1. The summed E-state index contributed by atoms with van der Waals surface area (Å²) >= 11 is 5.89. The van der Waals surface area contributed by atoms with E-state index in [4.69, 9.17) is 11.6 Å². The van der Waals surface area contributed by atoms with Gasteiger partial charge < -0.3 is 15.2 Å². The highest BCUT2D eigenvalue weighted by molar-refractivity contribution is 6.45.